The van der Waals surface area contributed by atoms with E-state index in [-0.39, 0.29) is 17.0 Å². The summed E-state index contributed by atoms with van der Waals surface area (Å²) >= 11 is 0. The molecule has 0 bridgehead atoms. The SMILES string of the molecule is O=C(O)[C@@H]1CCCN1C(=O)c1ccc(-n2cc(-c3cc4cc(F)ccc4[nH]c3=O)nn2)cc1. The molecule has 0 spiro atoms. The van der Waals surface area contributed by atoms with Gasteiger partial charge >= 0.3 is 5.97 Å². The number of benzene rings is 2. The molecule has 2 N–H and O–H groups in total. The fourth-order valence-electron chi connectivity index (χ4n) is 4.07. The summed E-state index contributed by atoms with van der Waals surface area (Å²) in [6.07, 6.45) is 2.66. The van der Waals surface area contributed by atoms with E-state index in [1.807, 2.05) is 0 Å². The molecule has 1 saturated heterocycles. The number of aromatic amines is 1. The number of hydrogen-bond acceptors (Lipinski definition) is 5. The second-order valence-corrected chi connectivity index (χ2v) is 7.83. The summed E-state index contributed by atoms with van der Waals surface area (Å²) in [6.45, 7) is 0.411. The highest BCUT2D eigenvalue weighted by atomic mass is 19.1. The summed E-state index contributed by atoms with van der Waals surface area (Å²) in [4.78, 5) is 40.7. The number of fused-ring (bicyclic) bond motifs is 1. The molecular weight excluding hydrogens is 429 g/mol. The molecule has 1 amide bonds. The number of amides is 1. The summed E-state index contributed by atoms with van der Waals surface area (Å²) in [5, 5.41) is 18.0. The van der Waals surface area contributed by atoms with Crippen LogP contribution in [0, 0.1) is 5.82 Å². The van der Waals surface area contributed by atoms with Crippen molar-refractivity contribution in [2.24, 2.45) is 0 Å². The molecule has 166 valence electrons. The van der Waals surface area contributed by atoms with Gasteiger partial charge < -0.3 is 15.0 Å². The van der Waals surface area contributed by atoms with E-state index in [0.29, 0.717) is 47.2 Å². The first-order chi connectivity index (χ1) is 15.9. The smallest absolute Gasteiger partial charge is 0.326 e. The molecule has 1 atom stereocenters. The molecule has 1 aliphatic heterocycles. The third-order valence-corrected chi connectivity index (χ3v) is 5.75. The molecule has 2 aromatic carbocycles. The lowest BCUT2D eigenvalue weighted by atomic mass is 10.1. The van der Waals surface area contributed by atoms with Gasteiger partial charge in [-0.25, -0.2) is 13.9 Å². The lowest BCUT2D eigenvalue weighted by molar-refractivity contribution is -0.141. The number of carboxylic acid groups (broad SMARTS) is 1. The minimum atomic E-state index is -1.00. The number of hydrogen-bond donors (Lipinski definition) is 2. The Kier molecular flexibility index (Phi) is 4.97. The van der Waals surface area contributed by atoms with Crippen LogP contribution in [0.4, 0.5) is 4.39 Å². The van der Waals surface area contributed by atoms with E-state index in [4.69, 9.17) is 0 Å². The molecule has 0 unspecified atom stereocenters. The maximum Gasteiger partial charge on any atom is 0.326 e. The van der Waals surface area contributed by atoms with Crippen molar-refractivity contribution >= 4 is 22.8 Å². The Labute approximate surface area is 186 Å². The van der Waals surface area contributed by atoms with Crippen LogP contribution in [0.15, 0.2) is 59.5 Å². The first kappa shape index (κ1) is 20.6. The Morgan fingerprint density at radius 1 is 1.12 bits per heavy atom. The van der Waals surface area contributed by atoms with Crippen molar-refractivity contribution in [2.45, 2.75) is 18.9 Å². The van der Waals surface area contributed by atoms with Crippen LogP contribution in [-0.2, 0) is 4.79 Å². The predicted octanol–water partition coefficient (Wildman–Crippen LogP) is 2.60. The van der Waals surface area contributed by atoms with Crippen molar-refractivity contribution in [3.8, 4) is 16.9 Å². The average molecular weight is 447 g/mol. The Hall–Kier alpha value is -4.34. The second kappa shape index (κ2) is 7.97. The molecule has 1 fully saturated rings. The van der Waals surface area contributed by atoms with Gasteiger partial charge in [0.05, 0.1) is 17.4 Å². The van der Waals surface area contributed by atoms with Gasteiger partial charge in [-0.15, -0.1) is 5.10 Å². The molecule has 33 heavy (non-hydrogen) atoms. The zero-order valence-corrected chi connectivity index (χ0v) is 17.2. The maximum absolute atomic E-state index is 13.6. The summed E-state index contributed by atoms with van der Waals surface area (Å²) in [7, 11) is 0. The number of pyridine rings is 1. The number of carbonyl (C=O) groups is 2. The molecule has 0 aliphatic carbocycles. The minimum Gasteiger partial charge on any atom is -0.480 e. The van der Waals surface area contributed by atoms with Crippen molar-refractivity contribution in [3.63, 3.8) is 0 Å². The number of nitrogens with one attached hydrogen (secondary N) is 1. The molecular formula is C23H18FN5O4. The summed E-state index contributed by atoms with van der Waals surface area (Å²) < 4.78 is 15.0. The summed E-state index contributed by atoms with van der Waals surface area (Å²) in [5.74, 6) is -1.75. The van der Waals surface area contributed by atoms with Gasteiger partial charge in [-0.05, 0) is 61.4 Å². The van der Waals surface area contributed by atoms with Crippen LogP contribution in [0.3, 0.4) is 0 Å². The molecule has 0 saturated carbocycles. The Morgan fingerprint density at radius 2 is 1.91 bits per heavy atom. The van der Waals surface area contributed by atoms with Crippen molar-refractivity contribution < 1.29 is 19.1 Å². The first-order valence-corrected chi connectivity index (χ1v) is 10.3. The molecule has 10 heteroatoms. The lowest BCUT2D eigenvalue weighted by Gasteiger charge is -2.21. The number of aromatic nitrogens is 4. The number of likely N-dealkylation sites (tertiary alicyclic amines) is 1. The fourth-order valence-corrected chi connectivity index (χ4v) is 4.07. The van der Waals surface area contributed by atoms with Gasteiger partial charge in [0.25, 0.3) is 11.5 Å². The van der Waals surface area contributed by atoms with Gasteiger partial charge in [0, 0.05) is 23.0 Å². The maximum atomic E-state index is 13.6. The molecule has 5 rings (SSSR count). The quantitative estimate of drug-likeness (QED) is 0.496. The number of aliphatic carboxylic acids is 1. The van der Waals surface area contributed by atoms with Crippen LogP contribution in [0.2, 0.25) is 0 Å². The van der Waals surface area contributed by atoms with Crippen molar-refractivity contribution in [1.29, 1.82) is 0 Å². The van der Waals surface area contributed by atoms with E-state index < -0.39 is 17.8 Å². The zero-order chi connectivity index (χ0) is 23.1. The Morgan fingerprint density at radius 3 is 2.67 bits per heavy atom. The van der Waals surface area contributed by atoms with E-state index in [2.05, 4.69) is 15.3 Å². The average Bonchev–Trinajstić information content (AvgIpc) is 3.49. The van der Waals surface area contributed by atoms with Crippen molar-refractivity contribution in [2.75, 3.05) is 6.54 Å². The largest absolute Gasteiger partial charge is 0.480 e. The highest BCUT2D eigenvalue weighted by Gasteiger charge is 2.34. The second-order valence-electron chi connectivity index (χ2n) is 7.83. The third-order valence-electron chi connectivity index (χ3n) is 5.75. The number of H-pyrrole nitrogens is 1. The monoisotopic (exact) mass is 447 g/mol. The van der Waals surface area contributed by atoms with Crippen LogP contribution in [0.25, 0.3) is 27.8 Å². The highest BCUT2D eigenvalue weighted by molar-refractivity contribution is 5.97. The number of rotatable bonds is 4. The Bertz CT molecular complexity index is 1440. The van der Waals surface area contributed by atoms with Gasteiger partial charge in [0.2, 0.25) is 0 Å². The van der Waals surface area contributed by atoms with E-state index in [1.54, 1.807) is 36.5 Å². The molecule has 1 aliphatic rings. The number of nitrogens with zero attached hydrogens (tertiary/aromatic N) is 4. The molecule has 2 aromatic heterocycles. The number of carboxylic acids is 1. The van der Waals surface area contributed by atoms with Gasteiger partial charge in [-0.3, -0.25) is 9.59 Å². The van der Waals surface area contributed by atoms with Crippen LogP contribution >= 0.6 is 0 Å². The first-order valence-electron chi connectivity index (χ1n) is 10.3. The lowest BCUT2D eigenvalue weighted by Crippen LogP contribution is -2.40. The van der Waals surface area contributed by atoms with E-state index >= 15 is 0 Å². The summed E-state index contributed by atoms with van der Waals surface area (Å²) in [5.41, 5.74) is 1.68. The number of halogens is 1. The highest BCUT2D eigenvalue weighted by Crippen LogP contribution is 2.22. The normalized spacial score (nSPS) is 15.8. The van der Waals surface area contributed by atoms with E-state index in [9.17, 15) is 23.9 Å². The van der Waals surface area contributed by atoms with Gasteiger partial charge in [-0.2, -0.15) is 0 Å². The van der Waals surface area contributed by atoms with Crippen LogP contribution in [0.1, 0.15) is 23.2 Å². The van der Waals surface area contributed by atoms with Crippen LogP contribution in [0.5, 0.6) is 0 Å². The predicted molar refractivity (Wildman–Crippen MR) is 117 cm³/mol. The van der Waals surface area contributed by atoms with Crippen molar-refractivity contribution in [1.82, 2.24) is 24.9 Å². The molecule has 0 radical (unpaired) electrons. The summed E-state index contributed by atoms with van der Waals surface area (Å²) in [6, 6.07) is 11.4. The molecule has 3 heterocycles. The Balaban J connectivity index is 1.41. The van der Waals surface area contributed by atoms with Gasteiger partial charge in [0.1, 0.15) is 17.6 Å². The fraction of sp³-hybridized carbons (Fsp3) is 0.174. The third kappa shape index (κ3) is 3.75. The topological polar surface area (TPSA) is 121 Å². The standard InChI is InChI=1S/C23H18FN5O4/c24-15-5-8-18-14(10-15)11-17(21(30)25-18)19-12-29(27-26-19)16-6-3-13(4-7-16)22(31)28-9-1-2-20(28)23(32)33/h3-8,10-12,20H,1-2,9H2,(H,25,30)(H,32,33)/t20-/m0/s1. The van der Waals surface area contributed by atoms with Crippen LogP contribution < -0.4 is 5.56 Å². The zero-order valence-electron chi connectivity index (χ0n) is 17.2. The minimum absolute atomic E-state index is 0.250. The molecule has 9 nitrogen and oxygen atoms in total. The molecule has 4 aromatic rings. The van der Waals surface area contributed by atoms with E-state index in [1.165, 1.54) is 27.8 Å². The van der Waals surface area contributed by atoms with Crippen molar-refractivity contribution in [3.05, 3.63) is 76.5 Å². The van der Waals surface area contributed by atoms with Crippen LogP contribution in [-0.4, -0.2) is 54.4 Å². The number of carbonyl (C=O) groups excluding carboxylic acids is 1. The van der Waals surface area contributed by atoms with Gasteiger partial charge in [0.15, 0.2) is 0 Å². The van der Waals surface area contributed by atoms with Gasteiger partial charge in [-0.1, -0.05) is 5.21 Å². The van der Waals surface area contributed by atoms with E-state index in [0.717, 1.165) is 0 Å².